The summed E-state index contributed by atoms with van der Waals surface area (Å²) in [5.74, 6) is 0.320. The molecular formula is C20H22BrNO3S. The molecule has 0 radical (unpaired) electrons. The number of piperidine rings is 1. The van der Waals surface area contributed by atoms with Gasteiger partial charge < -0.3 is 14.2 Å². The van der Waals surface area contributed by atoms with Crippen molar-refractivity contribution in [2.45, 2.75) is 30.3 Å². The van der Waals surface area contributed by atoms with Crippen LogP contribution in [0.25, 0.3) is 0 Å². The molecule has 1 amide bonds. The molecular weight excluding hydrogens is 414 g/mol. The second-order valence-electron chi connectivity index (χ2n) is 6.44. The minimum atomic E-state index is -1.03. The normalized spacial score (nSPS) is 16.3. The number of hydrogen-bond acceptors (Lipinski definition) is 3. The molecule has 1 fully saturated rings. The Morgan fingerprint density at radius 3 is 2.58 bits per heavy atom. The van der Waals surface area contributed by atoms with E-state index in [-0.39, 0.29) is 6.09 Å². The lowest BCUT2D eigenvalue weighted by Crippen LogP contribution is -2.38. The van der Waals surface area contributed by atoms with Gasteiger partial charge in [0.05, 0.1) is 0 Å². The molecule has 26 heavy (non-hydrogen) atoms. The van der Waals surface area contributed by atoms with Gasteiger partial charge in [-0.05, 0) is 41.6 Å². The molecule has 1 atom stereocenters. The van der Waals surface area contributed by atoms with E-state index in [4.69, 9.17) is 4.74 Å². The summed E-state index contributed by atoms with van der Waals surface area (Å²) in [4.78, 5) is 14.9. The number of benzene rings is 2. The van der Waals surface area contributed by atoms with Gasteiger partial charge in [0.15, 0.2) is 4.90 Å². The number of rotatable bonds is 4. The van der Waals surface area contributed by atoms with Crippen LogP contribution in [0.1, 0.15) is 29.9 Å². The van der Waals surface area contributed by atoms with E-state index < -0.39 is 11.2 Å². The first-order valence-corrected chi connectivity index (χ1v) is 11.0. The number of amides is 1. The van der Waals surface area contributed by atoms with Gasteiger partial charge in [-0.15, -0.1) is 0 Å². The molecule has 0 saturated carbocycles. The van der Waals surface area contributed by atoms with Crippen molar-refractivity contribution in [3.05, 3.63) is 64.1 Å². The van der Waals surface area contributed by atoms with E-state index >= 15 is 0 Å². The second-order valence-corrected chi connectivity index (χ2v) is 8.70. The van der Waals surface area contributed by atoms with Gasteiger partial charge in [0, 0.05) is 29.2 Å². The topological polar surface area (TPSA) is 52.6 Å². The Balaban J connectivity index is 1.57. The fourth-order valence-electron chi connectivity index (χ4n) is 3.28. The number of halogens is 1. The van der Waals surface area contributed by atoms with Crippen LogP contribution in [0.3, 0.4) is 0 Å². The van der Waals surface area contributed by atoms with Crippen LogP contribution in [0.2, 0.25) is 0 Å². The van der Waals surface area contributed by atoms with Crippen molar-refractivity contribution in [3.63, 3.8) is 0 Å². The van der Waals surface area contributed by atoms with Crippen LogP contribution < -0.4 is 0 Å². The van der Waals surface area contributed by atoms with Crippen molar-refractivity contribution in [2.24, 2.45) is 0 Å². The zero-order valence-corrected chi connectivity index (χ0v) is 17.1. The van der Waals surface area contributed by atoms with Crippen LogP contribution >= 0.6 is 15.9 Å². The Labute approximate surface area is 165 Å². The maximum atomic E-state index is 12.3. The average molecular weight is 436 g/mol. The Morgan fingerprint density at radius 1 is 1.23 bits per heavy atom. The van der Waals surface area contributed by atoms with E-state index in [1.165, 1.54) is 0 Å². The van der Waals surface area contributed by atoms with Crippen molar-refractivity contribution >= 4 is 33.2 Å². The molecule has 3 rings (SSSR count). The zero-order chi connectivity index (χ0) is 18.5. The lowest BCUT2D eigenvalue weighted by molar-refractivity contribution is 0.0869. The summed E-state index contributed by atoms with van der Waals surface area (Å²) in [6, 6.07) is 15.7. The van der Waals surface area contributed by atoms with Crippen LogP contribution in [-0.4, -0.2) is 34.9 Å². The second kappa shape index (κ2) is 8.93. The third kappa shape index (κ3) is 4.81. The molecule has 2 aromatic rings. The fourth-order valence-corrected chi connectivity index (χ4v) is 4.65. The summed E-state index contributed by atoms with van der Waals surface area (Å²) in [5.41, 5.74) is 2.12. The molecule has 4 nitrogen and oxygen atoms in total. The van der Waals surface area contributed by atoms with Gasteiger partial charge in [-0.2, -0.15) is 0 Å². The minimum absolute atomic E-state index is 0.262. The third-order valence-electron chi connectivity index (χ3n) is 4.68. The van der Waals surface area contributed by atoms with E-state index in [1.54, 1.807) is 11.2 Å². The number of carbonyl (C=O) groups is 1. The molecule has 6 heteroatoms. The molecule has 0 aliphatic carbocycles. The lowest BCUT2D eigenvalue weighted by atomic mass is 9.89. The van der Waals surface area contributed by atoms with Crippen molar-refractivity contribution in [1.29, 1.82) is 0 Å². The van der Waals surface area contributed by atoms with Crippen LogP contribution in [0, 0.1) is 0 Å². The SMILES string of the molecule is C[S@@+]([O-])c1cc(Br)ccc1C1CCN(C(=O)OCc2ccccc2)CC1. The van der Waals surface area contributed by atoms with Crippen molar-refractivity contribution in [1.82, 2.24) is 4.90 Å². The highest BCUT2D eigenvalue weighted by molar-refractivity contribution is 9.10. The molecule has 0 aromatic heterocycles. The molecule has 0 unspecified atom stereocenters. The van der Waals surface area contributed by atoms with Gasteiger partial charge in [-0.1, -0.05) is 52.3 Å². The molecule has 138 valence electrons. The first-order chi connectivity index (χ1) is 12.5. The van der Waals surface area contributed by atoms with E-state index in [1.807, 2.05) is 42.5 Å². The first-order valence-electron chi connectivity index (χ1n) is 8.63. The quantitative estimate of drug-likeness (QED) is 0.653. The number of ether oxygens (including phenoxy) is 1. The number of hydrogen-bond donors (Lipinski definition) is 0. The van der Waals surface area contributed by atoms with Crippen LogP contribution in [0.15, 0.2) is 57.9 Å². The van der Waals surface area contributed by atoms with Crippen LogP contribution in [0.4, 0.5) is 4.79 Å². The number of carbonyl (C=O) groups excluding carboxylic acids is 1. The van der Waals surface area contributed by atoms with Gasteiger partial charge in [-0.25, -0.2) is 4.79 Å². The summed E-state index contributed by atoms with van der Waals surface area (Å²) in [5, 5.41) is 0. The Morgan fingerprint density at radius 2 is 1.92 bits per heavy atom. The monoisotopic (exact) mass is 435 g/mol. The van der Waals surface area contributed by atoms with Crippen LogP contribution in [-0.2, 0) is 22.5 Å². The fraction of sp³-hybridized carbons (Fsp3) is 0.350. The van der Waals surface area contributed by atoms with Crippen LogP contribution in [0.5, 0.6) is 0 Å². The molecule has 0 N–H and O–H groups in total. The first kappa shape index (κ1) is 19.3. The Hall–Kier alpha value is -1.50. The molecule has 1 heterocycles. The lowest BCUT2D eigenvalue weighted by Gasteiger charge is -2.32. The molecule has 0 bridgehead atoms. The average Bonchev–Trinajstić information content (AvgIpc) is 2.67. The summed E-state index contributed by atoms with van der Waals surface area (Å²) in [6.45, 7) is 1.61. The maximum absolute atomic E-state index is 12.3. The van der Waals surface area contributed by atoms with E-state index in [2.05, 4.69) is 22.0 Å². The van der Waals surface area contributed by atoms with Crippen molar-refractivity contribution < 1.29 is 14.1 Å². The van der Waals surface area contributed by atoms with E-state index in [9.17, 15) is 9.35 Å². The molecule has 1 aliphatic rings. The highest BCUT2D eigenvalue weighted by Gasteiger charge is 2.28. The smallest absolute Gasteiger partial charge is 0.410 e. The highest BCUT2D eigenvalue weighted by Crippen LogP contribution is 2.34. The predicted octanol–water partition coefficient (Wildman–Crippen LogP) is 4.70. The molecule has 1 aliphatic heterocycles. The number of likely N-dealkylation sites (tertiary alicyclic amines) is 1. The Kier molecular flexibility index (Phi) is 6.62. The predicted molar refractivity (Wildman–Crippen MR) is 107 cm³/mol. The van der Waals surface area contributed by atoms with Gasteiger partial charge in [0.2, 0.25) is 0 Å². The summed E-state index contributed by atoms with van der Waals surface area (Å²) >= 11 is 2.42. The van der Waals surface area contributed by atoms with Gasteiger partial charge >= 0.3 is 6.09 Å². The van der Waals surface area contributed by atoms with E-state index in [0.29, 0.717) is 25.6 Å². The van der Waals surface area contributed by atoms with Gasteiger partial charge in [0.25, 0.3) is 0 Å². The summed E-state index contributed by atoms with van der Waals surface area (Å²) in [7, 11) is 0. The van der Waals surface area contributed by atoms with Crippen molar-refractivity contribution in [2.75, 3.05) is 19.3 Å². The maximum Gasteiger partial charge on any atom is 0.410 e. The van der Waals surface area contributed by atoms with E-state index in [0.717, 1.165) is 33.3 Å². The third-order valence-corrected chi connectivity index (χ3v) is 6.15. The highest BCUT2D eigenvalue weighted by atomic mass is 79.9. The number of nitrogens with zero attached hydrogens (tertiary/aromatic N) is 1. The Bertz CT molecular complexity index is 746. The zero-order valence-electron chi connectivity index (χ0n) is 14.7. The summed E-state index contributed by atoms with van der Waals surface area (Å²) < 4.78 is 18.4. The summed E-state index contributed by atoms with van der Waals surface area (Å²) in [6.07, 6.45) is 3.15. The standard InChI is InChI=1S/C20H22BrNO3S/c1-26(24)19-13-17(21)7-8-18(19)16-9-11-22(12-10-16)20(23)25-14-15-5-3-2-4-6-15/h2-8,13,16H,9-12,14H2,1H3/t26-/m1/s1. The molecule has 0 spiro atoms. The van der Waals surface area contributed by atoms with Gasteiger partial charge in [-0.3, -0.25) is 0 Å². The minimum Gasteiger partial charge on any atom is -0.612 e. The van der Waals surface area contributed by atoms with Crippen molar-refractivity contribution in [3.8, 4) is 0 Å². The largest absolute Gasteiger partial charge is 0.612 e. The molecule has 1 saturated heterocycles. The molecule has 2 aromatic carbocycles. The van der Waals surface area contributed by atoms with Gasteiger partial charge in [0.1, 0.15) is 12.9 Å².